The fraction of sp³-hybridized carbons (Fsp3) is 0.364. The molecule has 2 heterocycles. The molecule has 3 N–H and O–H groups in total. The van der Waals surface area contributed by atoms with Crippen molar-refractivity contribution in [2.45, 2.75) is 18.0 Å². The molecule has 0 unspecified atom stereocenters. The van der Waals surface area contributed by atoms with Crippen LogP contribution in [0.2, 0.25) is 0 Å². The van der Waals surface area contributed by atoms with Gasteiger partial charge in [-0.25, -0.2) is 14.0 Å². The number of aliphatic hydroxyl groups is 1. The molecule has 8 nitrogen and oxygen atoms in total. The average Bonchev–Trinajstić information content (AvgIpc) is 3.12. The molecule has 0 saturated carbocycles. The van der Waals surface area contributed by atoms with Crippen LogP contribution in [0.4, 0.5) is 51.7 Å². The van der Waals surface area contributed by atoms with Gasteiger partial charge in [0.25, 0.3) is 0 Å². The Morgan fingerprint density at radius 3 is 2.24 bits per heavy atom. The summed E-state index contributed by atoms with van der Waals surface area (Å²) in [5, 5.41) is 15.2. The van der Waals surface area contributed by atoms with Crippen molar-refractivity contribution in [2.75, 3.05) is 42.9 Å². The number of alkyl halides is 6. The lowest BCUT2D eigenvalue weighted by molar-refractivity contribution is -0.143. The number of β-amino-alcohol motifs (C(OH)–C–C–N with tert-alkyl or cyclic N) is 1. The third-order valence-corrected chi connectivity index (χ3v) is 5.77. The maximum atomic E-state index is 13.9. The normalized spacial score (nSPS) is 17.6. The number of nitrogens with zero attached hydrogens (tertiary/aromatic N) is 2. The summed E-state index contributed by atoms with van der Waals surface area (Å²) in [4.78, 5) is 27.1. The van der Waals surface area contributed by atoms with Crippen LogP contribution < -0.4 is 20.3 Å². The van der Waals surface area contributed by atoms with E-state index in [0.717, 1.165) is 29.2 Å². The number of amides is 3. The van der Waals surface area contributed by atoms with Gasteiger partial charge in [0, 0.05) is 31.9 Å². The van der Waals surface area contributed by atoms with E-state index in [1.165, 1.54) is 0 Å². The van der Waals surface area contributed by atoms with Crippen LogP contribution in [0.25, 0.3) is 0 Å². The molecule has 0 spiro atoms. The second-order valence-electron chi connectivity index (χ2n) is 8.57. The van der Waals surface area contributed by atoms with Gasteiger partial charge < -0.3 is 20.1 Å². The van der Waals surface area contributed by atoms with Crippen molar-refractivity contribution in [1.29, 1.82) is 0 Å². The van der Waals surface area contributed by atoms with Crippen LogP contribution in [0.1, 0.15) is 11.1 Å². The second-order valence-corrected chi connectivity index (χ2v) is 8.57. The third kappa shape index (κ3) is 5.72. The SMILES string of the molecule is O=C(Nc1ccc(F)cc1)Oc1c(N2CCN(CC3(O)CNC3)C2=O)cc(C(F)(F)F)cc1C(F)(F)F. The molecule has 2 aliphatic heterocycles. The largest absolute Gasteiger partial charge is 0.420 e. The molecule has 0 aromatic heterocycles. The second kappa shape index (κ2) is 9.37. The molecule has 0 radical (unpaired) electrons. The summed E-state index contributed by atoms with van der Waals surface area (Å²) in [6.07, 6.45) is -12.1. The lowest BCUT2D eigenvalue weighted by Crippen LogP contribution is -2.64. The number of urea groups is 1. The standard InChI is InChI=1S/C22H19F7N4O4/c23-13-1-3-14(4-2-13)31-18(34)37-17-15(22(27,28)29)7-12(21(24,25)26)8-16(17)33-6-5-32(19(33)35)11-20(36)9-30-10-20/h1-4,7-8,30,36H,5-6,9-11H2,(H,31,34). The van der Waals surface area contributed by atoms with Gasteiger partial charge in [0.1, 0.15) is 17.0 Å². The lowest BCUT2D eigenvalue weighted by Gasteiger charge is -2.40. The van der Waals surface area contributed by atoms with Crippen molar-refractivity contribution in [2.24, 2.45) is 0 Å². The number of hydrogen-bond donors (Lipinski definition) is 3. The number of carbonyl (C=O) groups is 2. The summed E-state index contributed by atoms with van der Waals surface area (Å²) in [6.45, 7) is -0.356. The molecule has 2 aromatic rings. The van der Waals surface area contributed by atoms with Gasteiger partial charge in [0.2, 0.25) is 0 Å². The Balaban J connectivity index is 1.73. The van der Waals surface area contributed by atoms with E-state index >= 15 is 0 Å². The van der Waals surface area contributed by atoms with Crippen molar-refractivity contribution in [3.8, 4) is 5.75 Å². The number of halogens is 7. The Morgan fingerprint density at radius 2 is 1.70 bits per heavy atom. The third-order valence-electron chi connectivity index (χ3n) is 5.77. The summed E-state index contributed by atoms with van der Waals surface area (Å²) in [5.74, 6) is -1.98. The summed E-state index contributed by atoms with van der Waals surface area (Å²) in [7, 11) is 0. The summed E-state index contributed by atoms with van der Waals surface area (Å²) >= 11 is 0. The number of benzene rings is 2. The van der Waals surface area contributed by atoms with Gasteiger partial charge in [-0.1, -0.05) is 0 Å². The molecule has 2 aliphatic rings. The fourth-order valence-electron chi connectivity index (χ4n) is 3.90. The van der Waals surface area contributed by atoms with Crippen LogP contribution >= 0.6 is 0 Å². The quantitative estimate of drug-likeness (QED) is 0.502. The Morgan fingerprint density at radius 1 is 1.05 bits per heavy atom. The van der Waals surface area contributed by atoms with Gasteiger partial charge in [-0.3, -0.25) is 10.2 Å². The van der Waals surface area contributed by atoms with E-state index in [0.29, 0.717) is 4.90 Å². The fourth-order valence-corrected chi connectivity index (χ4v) is 3.90. The molecule has 2 saturated heterocycles. The molecular formula is C22H19F7N4O4. The lowest BCUT2D eigenvalue weighted by atomic mass is 9.97. The molecule has 0 aliphatic carbocycles. The molecule has 15 heteroatoms. The van der Waals surface area contributed by atoms with Gasteiger partial charge in [-0.2, -0.15) is 26.3 Å². The van der Waals surface area contributed by atoms with Gasteiger partial charge in [-0.15, -0.1) is 0 Å². The topological polar surface area (TPSA) is 94.1 Å². The minimum absolute atomic E-state index is 0.0702. The monoisotopic (exact) mass is 536 g/mol. The maximum Gasteiger partial charge on any atom is 0.420 e. The highest BCUT2D eigenvalue weighted by Crippen LogP contribution is 2.46. The number of nitrogens with one attached hydrogen (secondary N) is 2. The zero-order valence-electron chi connectivity index (χ0n) is 18.7. The minimum atomic E-state index is -5.41. The van der Waals surface area contributed by atoms with Crippen molar-refractivity contribution in [3.05, 3.63) is 53.3 Å². The van der Waals surface area contributed by atoms with E-state index in [-0.39, 0.29) is 50.5 Å². The number of anilines is 2. The van der Waals surface area contributed by atoms with Crippen LogP contribution in [0, 0.1) is 5.82 Å². The Hall–Kier alpha value is -3.59. The van der Waals surface area contributed by atoms with E-state index in [1.807, 2.05) is 0 Å². The Bertz CT molecular complexity index is 1200. The first-order chi connectivity index (χ1) is 17.2. The first-order valence-electron chi connectivity index (χ1n) is 10.7. The van der Waals surface area contributed by atoms with Crippen LogP contribution in [0.5, 0.6) is 5.75 Å². The highest BCUT2D eigenvalue weighted by molar-refractivity contribution is 5.97. The Kier molecular flexibility index (Phi) is 6.71. The molecular weight excluding hydrogens is 517 g/mol. The number of carbonyl (C=O) groups excluding carboxylic acids is 2. The highest BCUT2D eigenvalue weighted by atomic mass is 19.4. The summed E-state index contributed by atoms with van der Waals surface area (Å²) in [5.41, 5.74) is -5.93. The molecule has 0 atom stereocenters. The van der Waals surface area contributed by atoms with E-state index in [2.05, 4.69) is 10.6 Å². The Labute approximate surface area is 204 Å². The van der Waals surface area contributed by atoms with Crippen LogP contribution in [0.15, 0.2) is 36.4 Å². The molecule has 2 fully saturated rings. The average molecular weight is 536 g/mol. The minimum Gasteiger partial charge on any atom is -0.407 e. The predicted molar refractivity (Wildman–Crippen MR) is 115 cm³/mol. The molecule has 4 rings (SSSR count). The number of rotatable bonds is 5. The zero-order chi connectivity index (χ0) is 27.2. The van der Waals surface area contributed by atoms with E-state index in [9.17, 15) is 45.4 Å². The van der Waals surface area contributed by atoms with Gasteiger partial charge in [0.05, 0.1) is 17.8 Å². The van der Waals surface area contributed by atoms with E-state index in [1.54, 1.807) is 0 Å². The van der Waals surface area contributed by atoms with Crippen LogP contribution in [-0.2, 0) is 12.4 Å². The van der Waals surface area contributed by atoms with Crippen LogP contribution in [-0.4, -0.2) is 60.5 Å². The first kappa shape index (κ1) is 26.5. The van der Waals surface area contributed by atoms with Crippen molar-refractivity contribution >= 4 is 23.5 Å². The van der Waals surface area contributed by atoms with Crippen molar-refractivity contribution in [1.82, 2.24) is 10.2 Å². The number of hydrogen-bond acceptors (Lipinski definition) is 5. The number of ether oxygens (including phenoxy) is 1. The highest BCUT2D eigenvalue weighted by Gasteiger charge is 2.45. The van der Waals surface area contributed by atoms with E-state index < -0.39 is 58.5 Å². The molecule has 0 bridgehead atoms. The predicted octanol–water partition coefficient (Wildman–Crippen LogP) is 4.05. The zero-order valence-corrected chi connectivity index (χ0v) is 18.7. The molecule has 200 valence electrons. The van der Waals surface area contributed by atoms with Crippen LogP contribution in [0.3, 0.4) is 0 Å². The maximum absolute atomic E-state index is 13.9. The van der Waals surface area contributed by atoms with Gasteiger partial charge >= 0.3 is 24.5 Å². The molecule has 2 aromatic carbocycles. The molecule has 3 amide bonds. The first-order valence-corrected chi connectivity index (χ1v) is 10.7. The van der Waals surface area contributed by atoms with Crippen molar-refractivity contribution < 1.29 is 50.2 Å². The summed E-state index contributed by atoms with van der Waals surface area (Å²) < 4.78 is 100. The van der Waals surface area contributed by atoms with Gasteiger partial charge in [0.15, 0.2) is 5.75 Å². The smallest absolute Gasteiger partial charge is 0.407 e. The van der Waals surface area contributed by atoms with E-state index in [4.69, 9.17) is 4.74 Å². The van der Waals surface area contributed by atoms with Gasteiger partial charge in [-0.05, 0) is 36.4 Å². The van der Waals surface area contributed by atoms with Crippen molar-refractivity contribution in [3.63, 3.8) is 0 Å². The molecule has 37 heavy (non-hydrogen) atoms. The summed E-state index contributed by atoms with van der Waals surface area (Å²) in [6, 6.07) is 3.15.